The Morgan fingerprint density at radius 1 is 1.22 bits per heavy atom. The molecule has 1 aliphatic rings. The van der Waals surface area contributed by atoms with Gasteiger partial charge in [-0.15, -0.1) is 0 Å². The second-order valence-corrected chi connectivity index (χ2v) is 6.23. The maximum absolute atomic E-state index is 12.5. The molecule has 3 rings (SSSR count). The Bertz CT molecular complexity index is 745. The molecule has 23 heavy (non-hydrogen) atoms. The summed E-state index contributed by atoms with van der Waals surface area (Å²) >= 11 is 12.2. The first-order valence-electron chi connectivity index (χ1n) is 7.40. The SMILES string of the molecule is Cc1cc(C(=O)N2CCCC2)nc(Nc2cccc(Cl)c2Cl)n1. The highest BCUT2D eigenvalue weighted by Gasteiger charge is 2.21. The molecule has 0 atom stereocenters. The van der Waals surface area contributed by atoms with E-state index < -0.39 is 0 Å². The van der Waals surface area contributed by atoms with E-state index in [1.807, 2.05) is 11.8 Å². The molecule has 1 aromatic carbocycles. The quantitative estimate of drug-likeness (QED) is 0.906. The van der Waals surface area contributed by atoms with Crippen molar-refractivity contribution in [2.45, 2.75) is 19.8 Å². The number of anilines is 2. The van der Waals surface area contributed by atoms with E-state index in [9.17, 15) is 4.79 Å². The molecular formula is C16H16Cl2N4O. The van der Waals surface area contributed by atoms with Crippen LogP contribution in [0.25, 0.3) is 0 Å². The number of likely N-dealkylation sites (tertiary alicyclic amines) is 1. The van der Waals surface area contributed by atoms with E-state index in [0.29, 0.717) is 33.1 Å². The van der Waals surface area contributed by atoms with Crippen molar-refractivity contribution in [2.24, 2.45) is 0 Å². The molecule has 1 aromatic heterocycles. The van der Waals surface area contributed by atoms with E-state index in [1.54, 1.807) is 24.3 Å². The van der Waals surface area contributed by atoms with Gasteiger partial charge in [-0.2, -0.15) is 0 Å². The third kappa shape index (κ3) is 3.57. The van der Waals surface area contributed by atoms with E-state index in [2.05, 4.69) is 15.3 Å². The molecule has 2 aromatic rings. The Kier molecular flexibility index (Phi) is 4.68. The number of aryl methyl sites for hydroxylation is 1. The maximum Gasteiger partial charge on any atom is 0.272 e. The third-order valence-corrected chi connectivity index (χ3v) is 4.48. The predicted molar refractivity (Wildman–Crippen MR) is 91.7 cm³/mol. The van der Waals surface area contributed by atoms with Gasteiger partial charge in [0.1, 0.15) is 5.69 Å². The van der Waals surface area contributed by atoms with Crippen molar-refractivity contribution in [1.29, 1.82) is 0 Å². The number of rotatable bonds is 3. The summed E-state index contributed by atoms with van der Waals surface area (Å²) in [6.45, 7) is 3.39. The minimum absolute atomic E-state index is 0.0618. The lowest BCUT2D eigenvalue weighted by Crippen LogP contribution is -2.28. The summed E-state index contributed by atoms with van der Waals surface area (Å²) in [5.74, 6) is 0.268. The molecule has 1 fully saturated rings. The summed E-state index contributed by atoms with van der Waals surface area (Å²) < 4.78 is 0. The first kappa shape index (κ1) is 16.0. The van der Waals surface area contributed by atoms with E-state index in [4.69, 9.17) is 23.2 Å². The van der Waals surface area contributed by atoms with Crippen LogP contribution in [0.2, 0.25) is 10.0 Å². The van der Waals surface area contributed by atoms with Crippen molar-refractivity contribution in [3.8, 4) is 0 Å². The van der Waals surface area contributed by atoms with Gasteiger partial charge in [0.25, 0.3) is 5.91 Å². The molecule has 1 N–H and O–H groups in total. The molecule has 1 saturated heterocycles. The average molecular weight is 351 g/mol. The number of nitrogens with zero attached hydrogens (tertiary/aromatic N) is 3. The fraction of sp³-hybridized carbons (Fsp3) is 0.312. The lowest BCUT2D eigenvalue weighted by molar-refractivity contribution is 0.0787. The topological polar surface area (TPSA) is 58.1 Å². The van der Waals surface area contributed by atoms with Crippen LogP contribution in [0.4, 0.5) is 11.6 Å². The molecule has 1 aliphatic heterocycles. The standard InChI is InChI=1S/C16H16Cl2N4O/c1-10-9-13(15(23)22-7-2-3-8-22)21-16(19-10)20-12-6-4-5-11(17)14(12)18/h4-6,9H,2-3,7-8H2,1H3,(H,19,20,21). The van der Waals surface area contributed by atoms with Gasteiger partial charge in [-0.25, -0.2) is 9.97 Å². The van der Waals surface area contributed by atoms with Crippen molar-refractivity contribution in [3.05, 3.63) is 45.7 Å². The van der Waals surface area contributed by atoms with Gasteiger partial charge in [0.15, 0.2) is 0 Å². The number of amides is 1. The number of aromatic nitrogens is 2. The van der Waals surface area contributed by atoms with Crippen molar-refractivity contribution in [2.75, 3.05) is 18.4 Å². The highest BCUT2D eigenvalue weighted by molar-refractivity contribution is 6.43. The monoisotopic (exact) mass is 350 g/mol. The minimum Gasteiger partial charge on any atom is -0.337 e. The predicted octanol–water partition coefficient (Wildman–Crippen LogP) is 4.07. The van der Waals surface area contributed by atoms with E-state index >= 15 is 0 Å². The van der Waals surface area contributed by atoms with Gasteiger partial charge in [0.05, 0.1) is 15.7 Å². The Morgan fingerprint density at radius 3 is 2.70 bits per heavy atom. The summed E-state index contributed by atoms with van der Waals surface area (Å²) in [5.41, 5.74) is 1.70. The largest absolute Gasteiger partial charge is 0.337 e. The van der Waals surface area contributed by atoms with Gasteiger partial charge in [0.2, 0.25) is 5.95 Å². The molecule has 0 bridgehead atoms. The summed E-state index contributed by atoms with van der Waals surface area (Å²) in [7, 11) is 0. The first-order valence-corrected chi connectivity index (χ1v) is 8.16. The van der Waals surface area contributed by atoms with Crippen LogP contribution < -0.4 is 5.32 Å². The van der Waals surface area contributed by atoms with Gasteiger partial charge in [-0.3, -0.25) is 4.79 Å². The number of halogens is 2. The van der Waals surface area contributed by atoms with Crippen molar-refractivity contribution in [1.82, 2.24) is 14.9 Å². The van der Waals surface area contributed by atoms with Crippen LogP contribution in [0.5, 0.6) is 0 Å². The van der Waals surface area contributed by atoms with Crippen molar-refractivity contribution in [3.63, 3.8) is 0 Å². The number of carbonyl (C=O) groups is 1. The lowest BCUT2D eigenvalue weighted by Gasteiger charge is -2.15. The zero-order valence-electron chi connectivity index (χ0n) is 12.6. The lowest BCUT2D eigenvalue weighted by atomic mass is 10.3. The van der Waals surface area contributed by atoms with Gasteiger partial charge in [-0.1, -0.05) is 29.3 Å². The number of hydrogen-bond donors (Lipinski definition) is 1. The molecule has 2 heterocycles. The number of carbonyl (C=O) groups excluding carboxylic acids is 1. The number of hydrogen-bond acceptors (Lipinski definition) is 4. The van der Waals surface area contributed by atoms with Crippen LogP contribution in [0.3, 0.4) is 0 Å². The highest BCUT2D eigenvalue weighted by atomic mass is 35.5. The fourth-order valence-electron chi connectivity index (χ4n) is 2.54. The van der Waals surface area contributed by atoms with Crippen LogP contribution in [0.1, 0.15) is 29.0 Å². The molecule has 7 heteroatoms. The number of nitrogens with one attached hydrogen (secondary N) is 1. The molecule has 0 aliphatic carbocycles. The van der Waals surface area contributed by atoms with Crippen LogP contribution >= 0.6 is 23.2 Å². The minimum atomic E-state index is -0.0618. The molecule has 1 amide bonds. The normalized spacial score (nSPS) is 14.1. The summed E-state index contributed by atoms with van der Waals surface area (Å²) in [6.07, 6.45) is 2.08. The van der Waals surface area contributed by atoms with Gasteiger partial charge in [-0.05, 0) is 38.0 Å². The smallest absolute Gasteiger partial charge is 0.272 e. The van der Waals surface area contributed by atoms with E-state index in [0.717, 1.165) is 25.9 Å². The third-order valence-electron chi connectivity index (χ3n) is 3.66. The second-order valence-electron chi connectivity index (χ2n) is 5.44. The summed E-state index contributed by atoms with van der Waals surface area (Å²) in [6, 6.07) is 6.96. The molecule has 0 unspecified atom stereocenters. The first-order chi connectivity index (χ1) is 11.0. The fourth-order valence-corrected chi connectivity index (χ4v) is 2.88. The van der Waals surface area contributed by atoms with Crippen molar-refractivity contribution >= 4 is 40.7 Å². The Labute approximate surface area is 144 Å². The van der Waals surface area contributed by atoms with Crippen LogP contribution in [-0.4, -0.2) is 33.9 Å². The molecule has 0 radical (unpaired) electrons. The summed E-state index contributed by atoms with van der Waals surface area (Å²) in [4.78, 5) is 22.9. The average Bonchev–Trinajstić information content (AvgIpc) is 3.05. The van der Waals surface area contributed by atoms with Gasteiger partial charge in [0, 0.05) is 18.8 Å². The second kappa shape index (κ2) is 6.72. The Hall–Kier alpha value is -1.85. The Balaban J connectivity index is 1.88. The maximum atomic E-state index is 12.5. The van der Waals surface area contributed by atoms with Crippen LogP contribution in [-0.2, 0) is 0 Å². The van der Waals surface area contributed by atoms with Crippen molar-refractivity contribution < 1.29 is 4.79 Å². The molecular weight excluding hydrogens is 335 g/mol. The number of benzene rings is 1. The highest BCUT2D eigenvalue weighted by Crippen LogP contribution is 2.31. The molecule has 0 saturated carbocycles. The Morgan fingerprint density at radius 2 is 1.96 bits per heavy atom. The van der Waals surface area contributed by atoms with Gasteiger partial charge < -0.3 is 10.2 Å². The molecule has 0 spiro atoms. The summed E-state index contributed by atoms with van der Waals surface area (Å²) in [5, 5.41) is 3.87. The molecule has 120 valence electrons. The zero-order valence-corrected chi connectivity index (χ0v) is 14.2. The van der Waals surface area contributed by atoms with E-state index in [-0.39, 0.29) is 5.91 Å². The zero-order chi connectivity index (χ0) is 16.4. The van der Waals surface area contributed by atoms with Crippen LogP contribution in [0, 0.1) is 6.92 Å². The molecule has 5 nitrogen and oxygen atoms in total. The van der Waals surface area contributed by atoms with E-state index in [1.165, 1.54) is 0 Å². The van der Waals surface area contributed by atoms with Crippen LogP contribution in [0.15, 0.2) is 24.3 Å². The van der Waals surface area contributed by atoms with Gasteiger partial charge >= 0.3 is 0 Å².